The van der Waals surface area contributed by atoms with Crippen molar-refractivity contribution in [1.29, 1.82) is 0 Å². The number of nitrogens with zero attached hydrogens (tertiary/aromatic N) is 1. The molecule has 0 saturated heterocycles. The van der Waals surface area contributed by atoms with Crippen molar-refractivity contribution in [2.45, 2.75) is 13.1 Å². The van der Waals surface area contributed by atoms with E-state index in [9.17, 15) is 4.39 Å². The Hall–Kier alpha value is -0.780. The smallest absolute Gasteiger partial charge is 0.123 e. The summed E-state index contributed by atoms with van der Waals surface area (Å²) in [7, 11) is 0. The van der Waals surface area contributed by atoms with E-state index < -0.39 is 0 Å². The predicted octanol–water partition coefficient (Wildman–Crippen LogP) is 4.04. The largest absolute Gasteiger partial charge is 0.307 e. The van der Waals surface area contributed by atoms with E-state index in [1.54, 1.807) is 18.3 Å². The summed E-state index contributed by atoms with van der Waals surface area (Å²) in [6.07, 6.45) is 1.76. The van der Waals surface area contributed by atoms with Crippen LogP contribution in [-0.2, 0) is 13.1 Å². The molecule has 94 valence electrons. The van der Waals surface area contributed by atoms with Gasteiger partial charge in [0.1, 0.15) is 5.82 Å². The first kappa shape index (κ1) is 13.6. The van der Waals surface area contributed by atoms with E-state index in [4.69, 9.17) is 0 Å². The molecule has 0 bridgehead atoms. The van der Waals surface area contributed by atoms with Crippen molar-refractivity contribution in [1.82, 2.24) is 10.3 Å². The molecule has 0 atom stereocenters. The van der Waals surface area contributed by atoms with Gasteiger partial charge in [0.25, 0.3) is 0 Å². The third-order valence-corrected chi connectivity index (χ3v) is 3.54. The lowest BCUT2D eigenvalue weighted by molar-refractivity contribution is 0.624. The molecule has 2 nitrogen and oxygen atoms in total. The van der Waals surface area contributed by atoms with Gasteiger partial charge in [0.15, 0.2) is 0 Å². The number of nitrogens with one attached hydrogen (secondary N) is 1. The normalized spacial score (nSPS) is 10.6. The van der Waals surface area contributed by atoms with Gasteiger partial charge in [0.05, 0.1) is 5.69 Å². The van der Waals surface area contributed by atoms with E-state index in [0.29, 0.717) is 13.1 Å². The highest BCUT2D eigenvalue weighted by molar-refractivity contribution is 9.11. The Balaban J connectivity index is 1.90. The first-order valence-electron chi connectivity index (χ1n) is 5.40. The lowest BCUT2D eigenvalue weighted by atomic mass is 10.2. The van der Waals surface area contributed by atoms with Crippen molar-refractivity contribution >= 4 is 31.9 Å². The Morgan fingerprint density at radius 3 is 2.50 bits per heavy atom. The fraction of sp³-hybridized carbons (Fsp3) is 0.154. The number of aromatic nitrogens is 1. The third kappa shape index (κ3) is 3.86. The molecule has 1 heterocycles. The number of rotatable bonds is 4. The first-order valence-corrected chi connectivity index (χ1v) is 6.99. The van der Waals surface area contributed by atoms with Gasteiger partial charge in [-0.1, -0.05) is 12.1 Å². The molecule has 5 heteroatoms. The Labute approximate surface area is 122 Å². The Bertz CT molecular complexity index is 529. The number of hydrogen-bond donors (Lipinski definition) is 1. The van der Waals surface area contributed by atoms with Crippen molar-refractivity contribution in [3.8, 4) is 0 Å². The molecule has 0 aliphatic carbocycles. The van der Waals surface area contributed by atoms with E-state index >= 15 is 0 Å². The van der Waals surface area contributed by atoms with Crippen LogP contribution in [0.4, 0.5) is 4.39 Å². The van der Waals surface area contributed by atoms with Crippen molar-refractivity contribution in [2.75, 3.05) is 0 Å². The summed E-state index contributed by atoms with van der Waals surface area (Å²) in [6, 6.07) is 8.43. The highest BCUT2D eigenvalue weighted by Gasteiger charge is 2.02. The van der Waals surface area contributed by atoms with Gasteiger partial charge in [-0.15, -0.1) is 0 Å². The summed E-state index contributed by atoms with van der Waals surface area (Å²) in [5.41, 5.74) is 1.99. The highest BCUT2D eigenvalue weighted by Crippen LogP contribution is 2.19. The molecule has 0 fully saturated rings. The molecule has 0 amide bonds. The van der Waals surface area contributed by atoms with Crippen molar-refractivity contribution in [3.63, 3.8) is 0 Å². The average Bonchev–Trinajstić information content (AvgIpc) is 2.34. The van der Waals surface area contributed by atoms with Crippen LogP contribution in [0.1, 0.15) is 11.3 Å². The van der Waals surface area contributed by atoms with Crippen molar-refractivity contribution in [3.05, 3.63) is 62.5 Å². The average molecular weight is 374 g/mol. The standard InChI is InChI=1S/C13H11Br2FN2/c14-10-5-12(15)13(18-7-10)8-17-6-9-1-3-11(16)4-2-9/h1-5,7,17H,6,8H2. The van der Waals surface area contributed by atoms with Crippen LogP contribution in [0, 0.1) is 5.82 Å². The van der Waals surface area contributed by atoms with Crippen LogP contribution in [-0.4, -0.2) is 4.98 Å². The molecule has 0 spiro atoms. The van der Waals surface area contributed by atoms with E-state index in [2.05, 4.69) is 42.2 Å². The summed E-state index contributed by atoms with van der Waals surface area (Å²) < 4.78 is 14.6. The van der Waals surface area contributed by atoms with E-state index in [-0.39, 0.29) is 5.82 Å². The van der Waals surface area contributed by atoms with Crippen molar-refractivity contribution < 1.29 is 4.39 Å². The van der Waals surface area contributed by atoms with Crippen LogP contribution in [0.15, 0.2) is 45.5 Å². The fourth-order valence-corrected chi connectivity index (χ4v) is 2.63. The van der Waals surface area contributed by atoms with Crippen LogP contribution in [0.2, 0.25) is 0 Å². The minimum Gasteiger partial charge on any atom is -0.307 e. The number of benzene rings is 1. The highest BCUT2D eigenvalue weighted by atomic mass is 79.9. The predicted molar refractivity (Wildman–Crippen MR) is 76.6 cm³/mol. The minimum atomic E-state index is -0.212. The second kappa shape index (κ2) is 6.41. The monoisotopic (exact) mass is 372 g/mol. The van der Waals surface area contributed by atoms with Crippen LogP contribution < -0.4 is 5.32 Å². The maximum absolute atomic E-state index is 12.7. The quantitative estimate of drug-likeness (QED) is 0.874. The second-order valence-corrected chi connectivity index (χ2v) is 5.58. The van der Waals surface area contributed by atoms with Crippen LogP contribution in [0.25, 0.3) is 0 Å². The summed E-state index contributed by atoms with van der Waals surface area (Å²) in [6.45, 7) is 1.34. The molecular weight excluding hydrogens is 363 g/mol. The van der Waals surface area contributed by atoms with Gasteiger partial charge in [-0.3, -0.25) is 4.98 Å². The molecule has 1 aromatic carbocycles. The Morgan fingerprint density at radius 2 is 1.83 bits per heavy atom. The topological polar surface area (TPSA) is 24.9 Å². The molecule has 2 aromatic rings. The number of pyridine rings is 1. The van der Waals surface area contributed by atoms with Gasteiger partial charge in [0, 0.05) is 28.2 Å². The second-order valence-electron chi connectivity index (χ2n) is 3.81. The summed E-state index contributed by atoms with van der Waals surface area (Å²) in [5.74, 6) is -0.212. The molecule has 0 saturated carbocycles. The molecule has 0 aliphatic rings. The SMILES string of the molecule is Fc1ccc(CNCc2ncc(Br)cc2Br)cc1. The summed E-state index contributed by atoms with van der Waals surface area (Å²) in [4.78, 5) is 4.31. The lowest BCUT2D eigenvalue weighted by Gasteiger charge is -2.06. The summed E-state index contributed by atoms with van der Waals surface area (Å²) >= 11 is 6.82. The van der Waals surface area contributed by atoms with Crippen molar-refractivity contribution in [2.24, 2.45) is 0 Å². The fourth-order valence-electron chi connectivity index (χ4n) is 1.50. The number of hydrogen-bond acceptors (Lipinski definition) is 2. The third-order valence-electron chi connectivity index (χ3n) is 2.42. The lowest BCUT2D eigenvalue weighted by Crippen LogP contribution is -2.14. The number of halogens is 3. The van der Waals surface area contributed by atoms with Gasteiger partial charge in [-0.25, -0.2) is 4.39 Å². The van der Waals surface area contributed by atoms with Gasteiger partial charge >= 0.3 is 0 Å². The van der Waals surface area contributed by atoms with Gasteiger partial charge in [-0.2, -0.15) is 0 Å². The zero-order valence-electron chi connectivity index (χ0n) is 9.46. The zero-order chi connectivity index (χ0) is 13.0. The molecule has 1 aromatic heterocycles. The van der Waals surface area contributed by atoms with Gasteiger partial charge in [-0.05, 0) is 55.6 Å². The van der Waals surface area contributed by atoms with E-state index in [0.717, 1.165) is 20.2 Å². The Kier molecular flexibility index (Phi) is 4.86. The van der Waals surface area contributed by atoms with E-state index in [1.165, 1.54) is 12.1 Å². The molecule has 0 radical (unpaired) electrons. The first-order chi connectivity index (χ1) is 8.65. The molecular formula is C13H11Br2FN2. The zero-order valence-corrected chi connectivity index (χ0v) is 12.6. The van der Waals surface area contributed by atoms with Gasteiger partial charge < -0.3 is 5.32 Å². The molecule has 1 N–H and O–H groups in total. The van der Waals surface area contributed by atoms with E-state index in [1.807, 2.05) is 6.07 Å². The van der Waals surface area contributed by atoms with Gasteiger partial charge in [0.2, 0.25) is 0 Å². The molecule has 2 rings (SSSR count). The molecule has 18 heavy (non-hydrogen) atoms. The van der Waals surface area contributed by atoms with Crippen LogP contribution in [0.5, 0.6) is 0 Å². The maximum atomic E-state index is 12.7. The molecule has 0 unspecified atom stereocenters. The molecule has 0 aliphatic heterocycles. The Morgan fingerprint density at radius 1 is 1.11 bits per heavy atom. The summed E-state index contributed by atoms with van der Waals surface area (Å²) in [5, 5.41) is 3.27. The van der Waals surface area contributed by atoms with Crippen LogP contribution >= 0.6 is 31.9 Å². The maximum Gasteiger partial charge on any atom is 0.123 e. The minimum absolute atomic E-state index is 0.212. The van der Waals surface area contributed by atoms with Crippen LogP contribution in [0.3, 0.4) is 0 Å².